The molecule has 2 amide bonds. The zero-order valence-corrected chi connectivity index (χ0v) is 22.8. The van der Waals surface area contributed by atoms with Crippen LogP contribution in [0, 0.1) is 5.92 Å². The third-order valence-corrected chi connectivity index (χ3v) is 6.46. The van der Waals surface area contributed by atoms with Crippen LogP contribution in [-0.4, -0.2) is 44.9 Å². The number of rotatable bonds is 22. The lowest BCUT2D eigenvalue weighted by atomic mass is 10.0. The average molecular weight is 507 g/mol. The summed E-state index contributed by atoms with van der Waals surface area (Å²) in [5, 5.41) is 14.9. The zero-order chi connectivity index (χ0) is 26.6. The second-order valence-electron chi connectivity index (χ2n) is 10.4. The molecular weight excluding hydrogens is 456 g/mol. The van der Waals surface area contributed by atoms with Gasteiger partial charge in [0.05, 0.1) is 6.33 Å². The summed E-state index contributed by atoms with van der Waals surface area (Å²) in [5.74, 6) is -1.57. The van der Waals surface area contributed by atoms with Gasteiger partial charge in [-0.3, -0.25) is 9.59 Å². The molecule has 0 aliphatic heterocycles. The van der Waals surface area contributed by atoms with Crippen LogP contribution in [-0.2, 0) is 20.8 Å². The Kier molecular flexibility index (Phi) is 17.4. The first-order valence-corrected chi connectivity index (χ1v) is 14.1. The number of nitrogens with one attached hydrogen (secondary N) is 3. The van der Waals surface area contributed by atoms with E-state index in [4.69, 9.17) is 0 Å². The van der Waals surface area contributed by atoms with E-state index >= 15 is 0 Å². The van der Waals surface area contributed by atoms with Crippen molar-refractivity contribution in [2.75, 3.05) is 0 Å². The van der Waals surface area contributed by atoms with Crippen LogP contribution in [0.4, 0.5) is 0 Å². The number of unbranched alkanes of at least 4 members (excludes halogenated alkanes) is 12. The lowest BCUT2D eigenvalue weighted by Gasteiger charge is -2.22. The van der Waals surface area contributed by atoms with Crippen LogP contribution in [0.3, 0.4) is 0 Å². The Bertz CT molecular complexity index is 721. The van der Waals surface area contributed by atoms with Gasteiger partial charge >= 0.3 is 5.97 Å². The number of aromatic nitrogens is 2. The highest BCUT2D eigenvalue weighted by Gasteiger charge is 2.27. The standard InChI is InChI=1S/C28H50N4O4/c1-4-5-6-7-8-9-10-11-12-13-14-15-16-17-26(33)31-24(18-22(2)3)27(34)32-25(28(35)36)19-23-20-29-21-30-23/h20-22,24-25H,4-19H2,1-3H3,(H,29,30)(H,31,33)(H,32,34)(H,35,36)/t24-,25-/m0/s1. The number of carbonyl (C=O) groups excluding carboxylic acids is 2. The number of hydrogen-bond acceptors (Lipinski definition) is 4. The molecular formula is C28H50N4O4. The Balaban J connectivity index is 2.27. The van der Waals surface area contributed by atoms with Gasteiger partial charge in [-0.05, 0) is 18.8 Å². The number of aromatic amines is 1. The van der Waals surface area contributed by atoms with E-state index in [1.165, 1.54) is 76.7 Å². The predicted molar refractivity (Wildman–Crippen MR) is 144 cm³/mol. The minimum absolute atomic E-state index is 0.0996. The second-order valence-corrected chi connectivity index (χ2v) is 10.4. The van der Waals surface area contributed by atoms with E-state index in [2.05, 4.69) is 27.5 Å². The average Bonchev–Trinajstić information content (AvgIpc) is 3.34. The zero-order valence-electron chi connectivity index (χ0n) is 22.8. The van der Waals surface area contributed by atoms with Crippen molar-refractivity contribution in [3.63, 3.8) is 0 Å². The quantitative estimate of drug-likeness (QED) is 0.154. The molecule has 0 spiro atoms. The maximum atomic E-state index is 12.8. The molecule has 0 unspecified atom stereocenters. The monoisotopic (exact) mass is 506 g/mol. The van der Waals surface area contributed by atoms with Gasteiger partial charge in [0.15, 0.2) is 0 Å². The summed E-state index contributed by atoms with van der Waals surface area (Å²) in [6.07, 6.45) is 20.1. The molecule has 1 rings (SSSR count). The van der Waals surface area contributed by atoms with Gasteiger partial charge < -0.3 is 20.7 Å². The van der Waals surface area contributed by atoms with Crippen LogP contribution in [0.1, 0.15) is 123 Å². The Morgan fingerprint density at radius 2 is 1.42 bits per heavy atom. The number of aliphatic carboxylic acids is 1. The number of hydrogen-bond donors (Lipinski definition) is 4. The van der Waals surface area contributed by atoms with Crippen LogP contribution >= 0.6 is 0 Å². The van der Waals surface area contributed by atoms with Crippen molar-refractivity contribution < 1.29 is 19.5 Å². The van der Waals surface area contributed by atoms with Crippen LogP contribution in [0.25, 0.3) is 0 Å². The first-order valence-electron chi connectivity index (χ1n) is 14.1. The summed E-state index contributed by atoms with van der Waals surface area (Å²) >= 11 is 0. The van der Waals surface area contributed by atoms with E-state index in [1.54, 1.807) is 0 Å². The van der Waals surface area contributed by atoms with Gasteiger partial charge in [-0.15, -0.1) is 0 Å². The fourth-order valence-corrected chi connectivity index (χ4v) is 4.36. The van der Waals surface area contributed by atoms with Crippen molar-refractivity contribution in [1.82, 2.24) is 20.6 Å². The van der Waals surface area contributed by atoms with Crippen molar-refractivity contribution in [2.24, 2.45) is 5.92 Å². The van der Waals surface area contributed by atoms with E-state index < -0.39 is 24.0 Å². The number of carboxylic acid groups (broad SMARTS) is 1. The number of carboxylic acids is 1. The van der Waals surface area contributed by atoms with Gasteiger partial charge in [-0.2, -0.15) is 0 Å². The molecule has 0 aliphatic carbocycles. The maximum absolute atomic E-state index is 12.8. The molecule has 0 radical (unpaired) electrons. The molecule has 0 saturated carbocycles. The minimum Gasteiger partial charge on any atom is -0.480 e. The third-order valence-electron chi connectivity index (χ3n) is 6.46. The molecule has 8 nitrogen and oxygen atoms in total. The van der Waals surface area contributed by atoms with Gasteiger partial charge in [0.2, 0.25) is 11.8 Å². The maximum Gasteiger partial charge on any atom is 0.326 e. The van der Waals surface area contributed by atoms with Crippen molar-refractivity contribution in [1.29, 1.82) is 0 Å². The number of carbonyl (C=O) groups is 3. The highest BCUT2D eigenvalue weighted by molar-refractivity contribution is 5.90. The summed E-state index contributed by atoms with van der Waals surface area (Å²) in [6.45, 7) is 6.19. The van der Waals surface area contributed by atoms with E-state index in [9.17, 15) is 19.5 Å². The fraction of sp³-hybridized carbons (Fsp3) is 0.786. The second kappa shape index (κ2) is 19.8. The van der Waals surface area contributed by atoms with Crippen LogP contribution < -0.4 is 10.6 Å². The van der Waals surface area contributed by atoms with Crippen molar-refractivity contribution in [3.8, 4) is 0 Å². The molecule has 8 heteroatoms. The Hall–Kier alpha value is -2.38. The largest absolute Gasteiger partial charge is 0.480 e. The number of nitrogens with zero attached hydrogens (tertiary/aromatic N) is 1. The topological polar surface area (TPSA) is 124 Å². The molecule has 0 aliphatic rings. The lowest BCUT2D eigenvalue weighted by molar-refractivity contribution is -0.142. The van der Waals surface area contributed by atoms with Gasteiger partial charge in [0.25, 0.3) is 0 Å². The highest BCUT2D eigenvalue weighted by atomic mass is 16.4. The first kappa shape index (κ1) is 31.6. The van der Waals surface area contributed by atoms with E-state index in [0.717, 1.165) is 19.3 Å². The molecule has 206 valence electrons. The van der Waals surface area contributed by atoms with Gasteiger partial charge in [0.1, 0.15) is 12.1 Å². The molecule has 36 heavy (non-hydrogen) atoms. The molecule has 0 aromatic carbocycles. The SMILES string of the molecule is CCCCCCCCCCCCCCCC(=O)N[C@@H](CC(C)C)C(=O)N[C@@H](Cc1cnc[nH]1)C(=O)O. The van der Waals surface area contributed by atoms with Gasteiger partial charge in [-0.25, -0.2) is 9.78 Å². The summed E-state index contributed by atoms with van der Waals surface area (Å²) < 4.78 is 0. The Labute approximate surface area is 217 Å². The number of amides is 2. The summed E-state index contributed by atoms with van der Waals surface area (Å²) in [6, 6.07) is -1.84. The molecule has 1 aromatic heterocycles. The smallest absolute Gasteiger partial charge is 0.326 e. The summed E-state index contributed by atoms with van der Waals surface area (Å²) in [7, 11) is 0. The number of imidazole rings is 1. The van der Waals surface area contributed by atoms with E-state index in [-0.39, 0.29) is 18.2 Å². The predicted octanol–water partition coefficient (Wildman–Crippen LogP) is 5.53. The molecule has 0 bridgehead atoms. The molecule has 1 heterocycles. The molecule has 2 atom stereocenters. The number of H-pyrrole nitrogens is 1. The minimum atomic E-state index is -1.13. The molecule has 0 saturated heterocycles. The molecule has 1 aromatic rings. The summed E-state index contributed by atoms with van der Waals surface area (Å²) in [4.78, 5) is 43.7. The van der Waals surface area contributed by atoms with Crippen LogP contribution in [0.5, 0.6) is 0 Å². The summed E-state index contributed by atoms with van der Waals surface area (Å²) in [5.41, 5.74) is 0.620. The molecule has 4 N–H and O–H groups in total. The van der Waals surface area contributed by atoms with E-state index in [0.29, 0.717) is 18.5 Å². The van der Waals surface area contributed by atoms with Crippen molar-refractivity contribution in [3.05, 3.63) is 18.2 Å². The van der Waals surface area contributed by atoms with Crippen molar-refractivity contribution in [2.45, 2.75) is 136 Å². The lowest BCUT2D eigenvalue weighted by Crippen LogP contribution is -2.52. The fourth-order valence-electron chi connectivity index (χ4n) is 4.36. The van der Waals surface area contributed by atoms with Crippen LogP contribution in [0.2, 0.25) is 0 Å². The van der Waals surface area contributed by atoms with Gasteiger partial charge in [0, 0.05) is 24.7 Å². The van der Waals surface area contributed by atoms with Crippen LogP contribution in [0.15, 0.2) is 12.5 Å². The van der Waals surface area contributed by atoms with Crippen molar-refractivity contribution >= 4 is 17.8 Å². The first-order chi connectivity index (χ1) is 17.3. The van der Waals surface area contributed by atoms with E-state index in [1.807, 2.05) is 13.8 Å². The Morgan fingerprint density at radius 1 is 0.861 bits per heavy atom. The molecule has 0 fully saturated rings. The highest BCUT2D eigenvalue weighted by Crippen LogP contribution is 2.13. The normalized spacial score (nSPS) is 12.9. The Morgan fingerprint density at radius 3 is 1.89 bits per heavy atom. The third kappa shape index (κ3) is 15.6. The van der Waals surface area contributed by atoms with Gasteiger partial charge in [-0.1, -0.05) is 97.8 Å².